The maximum Gasteiger partial charge on any atom is 0.222 e. The van der Waals surface area contributed by atoms with Crippen LogP contribution < -0.4 is 0 Å². The first-order valence-corrected chi connectivity index (χ1v) is 4.74. The van der Waals surface area contributed by atoms with Crippen molar-refractivity contribution >= 4 is 22.6 Å². The van der Waals surface area contributed by atoms with Gasteiger partial charge in [0.15, 0.2) is 0 Å². The molecule has 0 aromatic rings. The summed E-state index contributed by atoms with van der Waals surface area (Å²) in [4.78, 5) is 21.3. The van der Waals surface area contributed by atoms with E-state index in [-0.39, 0.29) is 12.2 Å². The van der Waals surface area contributed by atoms with Crippen LogP contribution in [0.5, 0.6) is 0 Å². The van der Waals surface area contributed by atoms with E-state index in [1.165, 1.54) is 0 Å². The van der Waals surface area contributed by atoms with E-state index in [0.717, 1.165) is 19.3 Å². The van der Waals surface area contributed by atoms with Crippen molar-refractivity contribution < 1.29 is 9.59 Å². The van der Waals surface area contributed by atoms with Gasteiger partial charge in [-0.25, -0.2) is 0 Å². The summed E-state index contributed by atoms with van der Waals surface area (Å²) in [5.41, 5.74) is 0. The van der Waals surface area contributed by atoms with Gasteiger partial charge >= 0.3 is 0 Å². The Bertz CT molecular complexity index is 155. The molecule has 12 heavy (non-hydrogen) atoms. The number of rotatable bonds is 7. The zero-order valence-corrected chi connectivity index (χ0v) is 8.19. The van der Waals surface area contributed by atoms with Gasteiger partial charge in [0, 0.05) is 19.3 Å². The number of carbonyl (C=O) groups excluding carboxylic acids is 2. The highest BCUT2D eigenvalue weighted by Gasteiger charge is 2.03. The van der Waals surface area contributed by atoms with E-state index >= 15 is 0 Å². The molecule has 0 saturated heterocycles. The maximum atomic E-state index is 11.0. The van der Waals surface area contributed by atoms with E-state index in [0.29, 0.717) is 12.8 Å². The number of halogens is 1. The summed E-state index contributed by atoms with van der Waals surface area (Å²) in [6.45, 7) is 2.09. The van der Waals surface area contributed by atoms with Crippen LogP contribution in [-0.4, -0.2) is 11.0 Å². The van der Waals surface area contributed by atoms with Crippen LogP contribution in [0.4, 0.5) is 0 Å². The lowest BCUT2D eigenvalue weighted by molar-refractivity contribution is -0.121. The Morgan fingerprint density at radius 3 is 2.25 bits per heavy atom. The molecule has 0 unspecified atom stereocenters. The quantitative estimate of drug-likeness (QED) is 0.457. The highest BCUT2D eigenvalue weighted by atomic mass is 35.5. The Morgan fingerprint density at radius 1 is 1.08 bits per heavy atom. The van der Waals surface area contributed by atoms with Gasteiger partial charge in [-0.15, -0.1) is 0 Å². The van der Waals surface area contributed by atoms with Crippen LogP contribution in [0.2, 0.25) is 0 Å². The van der Waals surface area contributed by atoms with E-state index in [4.69, 9.17) is 11.6 Å². The molecule has 0 aliphatic heterocycles. The summed E-state index contributed by atoms with van der Waals surface area (Å²) in [5.74, 6) is 0.150. The Hall–Kier alpha value is -0.370. The molecule has 0 aromatic heterocycles. The molecule has 0 bridgehead atoms. The number of ketones is 1. The van der Waals surface area contributed by atoms with Gasteiger partial charge in [-0.3, -0.25) is 9.59 Å². The van der Waals surface area contributed by atoms with Crippen molar-refractivity contribution in [3.05, 3.63) is 0 Å². The second kappa shape index (κ2) is 7.29. The number of carbonyl (C=O) groups is 2. The first-order chi connectivity index (χ1) is 5.66. The van der Waals surface area contributed by atoms with Crippen molar-refractivity contribution in [3.8, 4) is 0 Å². The van der Waals surface area contributed by atoms with Crippen molar-refractivity contribution in [3.63, 3.8) is 0 Å². The van der Waals surface area contributed by atoms with Crippen molar-refractivity contribution in [1.29, 1.82) is 0 Å². The van der Waals surface area contributed by atoms with Crippen LogP contribution in [0.3, 0.4) is 0 Å². The molecule has 0 rings (SSSR count). The molecule has 70 valence electrons. The van der Waals surface area contributed by atoms with Crippen molar-refractivity contribution in [2.24, 2.45) is 0 Å². The third-order valence-corrected chi connectivity index (χ3v) is 1.85. The first-order valence-electron chi connectivity index (χ1n) is 4.36. The molecule has 0 saturated carbocycles. The summed E-state index contributed by atoms with van der Waals surface area (Å²) in [6.07, 6.45) is 4.23. The predicted octanol–water partition coefficient (Wildman–Crippen LogP) is 2.68. The smallest absolute Gasteiger partial charge is 0.222 e. The molecular weight excluding hydrogens is 176 g/mol. The number of unbranched alkanes of at least 4 members (excludes halogenated alkanes) is 2. The minimum Gasteiger partial charge on any atom is -0.300 e. The zero-order chi connectivity index (χ0) is 9.40. The molecule has 0 N–H and O–H groups in total. The maximum absolute atomic E-state index is 11.0. The lowest BCUT2D eigenvalue weighted by Gasteiger charge is -1.96. The second-order valence-electron chi connectivity index (χ2n) is 2.85. The molecule has 0 atom stereocenters. The van der Waals surface area contributed by atoms with E-state index in [2.05, 4.69) is 6.92 Å². The van der Waals surface area contributed by atoms with Crippen LogP contribution in [0.1, 0.15) is 45.4 Å². The minimum atomic E-state index is -0.418. The van der Waals surface area contributed by atoms with Gasteiger partial charge in [0.2, 0.25) is 5.24 Å². The standard InChI is InChI=1S/C9H15ClO2/c1-2-3-4-5-8(11)6-7-9(10)12/h2-7H2,1H3. The number of Topliss-reactive ketones (excluding diaryl/α,β-unsaturated/α-hetero) is 1. The number of hydrogen-bond donors (Lipinski definition) is 0. The van der Waals surface area contributed by atoms with Crippen molar-refractivity contribution in [1.82, 2.24) is 0 Å². The molecule has 0 fully saturated rings. The van der Waals surface area contributed by atoms with Gasteiger partial charge in [-0.2, -0.15) is 0 Å². The van der Waals surface area contributed by atoms with Gasteiger partial charge in [0.1, 0.15) is 5.78 Å². The molecule has 0 aliphatic carbocycles. The van der Waals surface area contributed by atoms with Gasteiger partial charge < -0.3 is 0 Å². The molecule has 0 radical (unpaired) electrons. The Morgan fingerprint density at radius 2 is 1.75 bits per heavy atom. The van der Waals surface area contributed by atoms with Gasteiger partial charge in [-0.05, 0) is 18.0 Å². The first kappa shape index (κ1) is 11.6. The Kier molecular flexibility index (Phi) is 7.06. The fourth-order valence-corrected chi connectivity index (χ4v) is 1.03. The molecule has 0 spiro atoms. The average Bonchev–Trinajstić information content (AvgIpc) is 2.01. The third kappa shape index (κ3) is 7.73. The van der Waals surface area contributed by atoms with E-state index < -0.39 is 5.24 Å². The minimum absolute atomic E-state index is 0.150. The summed E-state index contributed by atoms with van der Waals surface area (Å²) in [5, 5.41) is -0.418. The monoisotopic (exact) mass is 190 g/mol. The summed E-state index contributed by atoms with van der Waals surface area (Å²) >= 11 is 5.09. The van der Waals surface area contributed by atoms with Crippen LogP contribution >= 0.6 is 11.6 Å². The summed E-state index contributed by atoms with van der Waals surface area (Å²) < 4.78 is 0. The van der Waals surface area contributed by atoms with Crippen LogP contribution in [-0.2, 0) is 9.59 Å². The lowest BCUT2D eigenvalue weighted by Crippen LogP contribution is -1.99. The van der Waals surface area contributed by atoms with Crippen LogP contribution in [0.15, 0.2) is 0 Å². The molecule has 2 nitrogen and oxygen atoms in total. The SMILES string of the molecule is CCCCCC(=O)CCC(=O)Cl. The molecule has 3 heteroatoms. The molecule has 0 heterocycles. The molecule has 0 aromatic carbocycles. The van der Waals surface area contributed by atoms with E-state index in [9.17, 15) is 9.59 Å². The van der Waals surface area contributed by atoms with Crippen LogP contribution in [0, 0.1) is 0 Å². The fraction of sp³-hybridized carbons (Fsp3) is 0.778. The van der Waals surface area contributed by atoms with Gasteiger partial charge in [0.05, 0.1) is 0 Å². The lowest BCUT2D eigenvalue weighted by atomic mass is 10.1. The van der Waals surface area contributed by atoms with E-state index in [1.807, 2.05) is 0 Å². The highest BCUT2D eigenvalue weighted by Crippen LogP contribution is 2.04. The third-order valence-electron chi connectivity index (χ3n) is 1.66. The number of hydrogen-bond acceptors (Lipinski definition) is 2. The largest absolute Gasteiger partial charge is 0.300 e. The predicted molar refractivity (Wildman–Crippen MR) is 49.2 cm³/mol. The molecule has 0 amide bonds. The summed E-state index contributed by atoms with van der Waals surface area (Å²) in [6, 6.07) is 0. The normalized spacial score (nSPS) is 9.83. The fourth-order valence-electron chi connectivity index (χ4n) is 0.935. The van der Waals surface area contributed by atoms with Crippen molar-refractivity contribution in [2.75, 3.05) is 0 Å². The van der Waals surface area contributed by atoms with Gasteiger partial charge in [-0.1, -0.05) is 19.8 Å². The Labute approximate surface area is 78.3 Å². The highest BCUT2D eigenvalue weighted by molar-refractivity contribution is 6.63. The average molecular weight is 191 g/mol. The zero-order valence-electron chi connectivity index (χ0n) is 7.44. The Balaban J connectivity index is 3.28. The van der Waals surface area contributed by atoms with E-state index in [1.54, 1.807) is 0 Å². The summed E-state index contributed by atoms with van der Waals surface area (Å²) in [7, 11) is 0. The van der Waals surface area contributed by atoms with Gasteiger partial charge in [0.25, 0.3) is 0 Å². The molecule has 0 aliphatic rings. The van der Waals surface area contributed by atoms with Crippen LogP contribution in [0.25, 0.3) is 0 Å². The van der Waals surface area contributed by atoms with Crippen molar-refractivity contribution in [2.45, 2.75) is 45.4 Å². The second-order valence-corrected chi connectivity index (χ2v) is 3.27. The topological polar surface area (TPSA) is 34.1 Å². The molecular formula is C9H15ClO2.